The second kappa shape index (κ2) is 3.67. The van der Waals surface area contributed by atoms with Crippen molar-refractivity contribution in [1.29, 1.82) is 0 Å². The van der Waals surface area contributed by atoms with Crippen molar-refractivity contribution in [3.63, 3.8) is 0 Å². The Kier molecular flexibility index (Phi) is 2.26. The molecule has 0 saturated heterocycles. The zero-order valence-corrected chi connectivity index (χ0v) is 10.5. The fraction of sp³-hybridized carbons (Fsp3) is 0.231. The third-order valence-corrected chi connectivity index (χ3v) is 4.02. The monoisotopic (exact) mass is 244 g/mol. The number of imidazole rings is 1. The highest BCUT2D eigenvalue weighted by atomic mass is 32.1. The molecule has 3 nitrogen and oxygen atoms in total. The molecule has 0 aliphatic heterocycles. The van der Waals surface area contributed by atoms with E-state index in [2.05, 4.69) is 4.98 Å². The molecule has 0 bridgehead atoms. The lowest BCUT2D eigenvalue weighted by Gasteiger charge is -2.02. The molecule has 0 aliphatic rings. The number of aromatic nitrogens is 2. The van der Waals surface area contributed by atoms with Crippen molar-refractivity contribution in [1.82, 2.24) is 9.38 Å². The Hall–Kier alpha value is -1.68. The second-order valence-corrected chi connectivity index (χ2v) is 5.20. The number of hydrogen-bond donors (Lipinski definition) is 0. The van der Waals surface area contributed by atoms with Crippen LogP contribution < -0.4 is 5.56 Å². The highest BCUT2D eigenvalue weighted by Crippen LogP contribution is 2.20. The third kappa shape index (κ3) is 1.41. The van der Waals surface area contributed by atoms with Crippen molar-refractivity contribution in [3.05, 3.63) is 45.1 Å². The number of hydrogen-bond acceptors (Lipinski definition) is 3. The quantitative estimate of drug-likeness (QED) is 0.659. The van der Waals surface area contributed by atoms with E-state index >= 15 is 0 Å². The first kappa shape index (κ1) is 10.5. The van der Waals surface area contributed by atoms with E-state index in [0.29, 0.717) is 0 Å². The molecule has 17 heavy (non-hydrogen) atoms. The second-order valence-electron chi connectivity index (χ2n) is 4.01. The molecule has 0 amide bonds. The minimum atomic E-state index is 0.0763. The van der Waals surface area contributed by atoms with Crippen LogP contribution in [0.25, 0.3) is 16.0 Å². The van der Waals surface area contributed by atoms with E-state index in [1.807, 2.05) is 38.1 Å². The third-order valence-electron chi connectivity index (χ3n) is 3.01. The van der Waals surface area contributed by atoms with Crippen LogP contribution in [0, 0.1) is 6.92 Å². The molecular weight excluding hydrogens is 232 g/mol. The van der Waals surface area contributed by atoms with Crippen molar-refractivity contribution < 1.29 is 0 Å². The van der Waals surface area contributed by atoms with E-state index < -0.39 is 0 Å². The van der Waals surface area contributed by atoms with Crippen LogP contribution in [0.1, 0.15) is 17.4 Å². The Bertz CT molecular complexity index is 770. The Morgan fingerprint density at radius 2 is 2.12 bits per heavy atom. The molecule has 86 valence electrons. The lowest BCUT2D eigenvalue weighted by Crippen LogP contribution is -2.17. The molecule has 2 aromatic heterocycles. The molecule has 3 rings (SSSR count). The lowest BCUT2D eigenvalue weighted by atomic mass is 10.2. The maximum absolute atomic E-state index is 12.4. The molecule has 0 N–H and O–H groups in total. The molecule has 0 spiro atoms. The van der Waals surface area contributed by atoms with E-state index in [1.165, 1.54) is 0 Å². The minimum Gasteiger partial charge on any atom is -0.269 e. The van der Waals surface area contributed by atoms with Crippen LogP contribution >= 0.6 is 11.3 Å². The van der Waals surface area contributed by atoms with E-state index in [-0.39, 0.29) is 5.56 Å². The summed E-state index contributed by atoms with van der Waals surface area (Å²) in [4.78, 5) is 18.7. The summed E-state index contributed by atoms with van der Waals surface area (Å²) in [6.45, 7) is 4.01. The van der Waals surface area contributed by atoms with Gasteiger partial charge in [0.2, 0.25) is 0 Å². The maximum atomic E-state index is 12.4. The fourth-order valence-electron chi connectivity index (χ4n) is 2.15. The molecule has 0 radical (unpaired) electrons. The number of aryl methyl sites for hydroxylation is 1. The average Bonchev–Trinajstić information content (AvgIpc) is 2.67. The summed E-state index contributed by atoms with van der Waals surface area (Å²) in [5.41, 5.74) is 2.75. The van der Waals surface area contributed by atoms with Crippen molar-refractivity contribution in [2.45, 2.75) is 20.3 Å². The maximum Gasteiger partial charge on any atom is 0.261 e. The smallest absolute Gasteiger partial charge is 0.261 e. The first-order chi connectivity index (χ1) is 8.22. The molecule has 0 fully saturated rings. The van der Waals surface area contributed by atoms with Crippen molar-refractivity contribution in [3.8, 4) is 0 Å². The number of rotatable bonds is 1. The lowest BCUT2D eigenvalue weighted by molar-refractivity contribution is 1.03. The summed E-state index contributed by atoms with van der Waals surface area (Å²) >= 11 is 1.58. The van der Waals surface area contributed by atoms with Gasteiger partial charge in [-0.2, -0.15) is 0 Å². The summed E-state index contributed by atoms with van der Waals surface area (Å²) in [5.74, 6) is 0. The van der Waals surface area contributed by atoms with Crippen molar-refractivity contribution in [2.75, 3.05) is 0 Å². The number of benzene rings is 1. The first-order valence-corrected chi connectivity index (χ1v) is 6.43. The molecular formula is C13H12N2OS. The number of para-hydroxylation sites is 2. The van der Waals surface area contributed by atoms with Gasteiger partial charge in [-0.05, 0) is 25.5 Å². The normalized spacial score (nSPS) is 11.4. The Morgan fingerprint density at radius 1 is 1.35 bits per heavy atom. The van der Waals surface area contributed by atoms with Crippen LogP contribution in [0.4, 0.5) is 0 Å². The zero-order chi connectivity index (χ0) is 12.0. The van der Waals surface area contributed by atoms with Gasteiger partial charge in [-0.25, -0.2) is 9.38 Å². The van der Waals surface area contributed by atoms with Gasteiger partial charge in [0.25, 0.3) is 5.56 Å². The highest BCUT2D eigenvalue weighted by Gasteiger charge is 2.12. The average molecular weight is 244 g/mol. The van der Waals surface area contributed by atoms with Gasteiger partial charge in [-0.15, -0.1) is 11.3 Å². The summed E-state index contributed by atoms with van der Waals surface area (Å²) in [6.07, 6.45) is 0.767. The summed E-state index contributed by atoms with van der Waals surface area (Å²) < 4.78 is 1.73. The van der Waals surface area contributed by atoms with Crippen LogP contribution in [0.15, 0.2) is 29.1 Å². The van der Waals surface area contributed by atoms with Gasteiger partial charge >= 0.3 is 0 Å². The first-order valence-electron chi connectivity index (χ1n) is 5.62. The van der Waals surface area contributed by atoms with Crippen LogP contribution in [-0.2, 0) is 6.42 Å². The molecule has 0 saturated carbocycles. The molecule has 0 atom stereocenters. The van der Waals surface area contributed by atoms with Crippen LogP contribution in [0.3, 0.4) is 0 Å². The fourth-order valence-corrected chi connectivity index (χ4v) is 3.20. The van der Waals surface area contributed by atoms with Gasteiger partial charge < -0.3 is 0 Å². The SMILES string of the molecule is CCc1c(C)sc2nc3ccccc3n2c1=O. The summed E-state index contributed by atoms with van der Waals surface area (Å²) in [7, 11) is 0. The Labute approximate surface area is 102 Å². The molecule has 0 unspecified atom stereocenters. The standard InChI is InChI=1S/C13H12N2OS/c1-3-9-8(2)17-13-14-10-6-4-5-7-11(10)15(13)12(9)16/h4-7H,3H2,1-2H3. The number of fused-ring (bicyclic) bond motifs is 3. The van der Waals surface area contributed by atoms with Crippen molar-refractivity contribution >= 4 is 27.3 Å². The van der Waals surface area contributed by atoms with E-state index in [1.54, 1.807) is 15.7 Å². The zero-order valence-electron chi connectivity index (χ0n) is 9.73. The van der Waals surface area contributed by atoms with Gasteiger partial charge in [0.1, 0.15) is 0 Å². The van der Waals surface area contributed by atoms with Crippen LogP contribution in [0.2, 0.25) is 0 Å². The Balaban J connectivity index is 2.60. The van der Waals surface area contributed by atoms with E-state index in [9.17, 15) is 4.79 Å². The molecule has 2 heterocycles. The molecule has 4 heteroatoms. The predicted octanol–water partition coefficient (Wildman–Crippen LogP) is 2.78. The van der Waals surface area contributed by atoms with Gasteiger partial charge in [0.15, 0.2) is 4.96 Å². The largest absolute Gasteiger partial charge is 0.269 e. The minimum absolute atomic E-state index is 0.0763. The van der Waals surface area contributed by atoms with Gasteiger partial charge in [0.05, 0.1) is 11.0 Å². The van der Waals surface area contributed by atoms with Crippen molar-refractivity contribution in [2.24, 2.45) is 0 Å². The molecule has 1 aromatic carbocycles. The Morgan fingerprint density at radius 3 is 2.88 bits per heavy atom. The van der Waals surface area contributed by atoms with Gasteiger partial charge in [-0.3, -0.25) is 4.79 Å². The van der Waals surface area contributed by atoms with Gasteiger partial charge in [0, 0.05) is 10.4 Å². The van der Waals surface area contributed by atoms with Crippen LogP contribution in [-0.4, -0.2) is 9.38 Å². The molecule has 3 aromatic rings. The highest BCUT2D eigenvalue weighted by molar-refractivity contribution is 7.16. The topological polar surface area (TPSA) is 34.4 Å². The van der Waals surface area contributed by atoms with Gasteiger partial charge in [-0.1, -0.05) is 19.1 Å². The summed E-state index contributed by atoms with van der Waals surface area (Å²) in [5, 5.41) is 0. The number of nitrogens with zero attached hydrogens (tertiary/aromatic N) is 2. The van der Waals surface area contributed by atoms with E-state index in [4.69, 9.17) is 0 Å². The molecule has 0 aliphatic carbocycles. The summed E-state index contributed by atoms with van der Waals surface area (Å²) in [6, 6.07) is 7.76. The van der Waals surface area contributed by atoms with E-state index in [0.717, 1.165) is 32.9 Å². The predicted molar refractivity (Wildman–Crippen MR) is 71.0 cm³/mol. The van der Waals surface area contributed by atoms with Crippen LogP contribution in [0.5, 0.6) is 0 Å².